The molecule has 1 rings (SSSR count). The maximum absolute atomic E-state index is 11.6. The summed E-state index contributed by atoms with van der Waals surface area (Å²) in [5.74, 6) is -1.07. The molecule has 5 nitrogen and oxygen atoms in total. The Labute approximate surface area is 106 Å². The number of carbonyl (C=O) groups excluding carboxylic acids is 2. The highest BCUT2D eigenvalue weighted by atomic mass is 16.7. The molecule has 0 aromatic heterocycles. The lowest BCUT2D eigenvalue weighted by Gasteiger charge is -2.34. The highest BCUT2D eigenvalue weighted by molar-refractivity contribution is 5.89. The predicted molar refractivity (Wildman–Crippen MR) is 64.5 cm³/mol. The van der Waals surface area contributed by atoms with Crippen LogP contribution in [0.5, 0.6) is 0 Å². The van der Waals surface area contributed by atoms with Gasteiger partial charge < -0.3 is 19.0 Å². The number of carbonyl (C=O) groups is 2. The van der Waals surface area contributed by atoms with E-state index in [-0.39, 0.29) is 18.3 Å². The van der Waals surface area contributed by atoms with Crippen molar-refractivity contribution in [2.45, 2.75) is 19.6 Å². The third kappa shape index (κ3) is 2.98. The molecule has 18 heavy (non-hydrogen) atoms. The number of esters is 1. The third-order valence-electron chi connectivity index (χ3n) is 2.88. The highest BCUT2D eigenvalue weighted by Gasteiger charge is 2.38. The van der Waals surface area contributed by atoms with Crippen LogP contribution in [-0.2, 0) is 23.8 Å². The summed E-state index contributed by atoms with van der Waals surface area (Å²) in [5.41, 5.74) is 0.338. The molecule has 0 saturated heterocycles. The minimum Gasteiger partial charge on any atom is -0.471 e. The van der Waals surface area contributed by atoms with Crippen LogP contribution in [0, 0.1) is 11.8 Å². The van der Waals surface area contributed by atoms with E-state index in [1.807, 2.05) is 6.92 Å². The Kier molecular flexibility index (Phi) is 5.58. The predicted octanol–water partition coefficient (Wildman–Crippen LogP) is 1.44. The lowest BCUT2D eigenvalue weighted by molar-refractivity contribution is -0.153. The number of ether oxygens (including phenoxy) is 3. The lowest BCUT2D eigenvalue weighted by atomic mass is 9.82. The van der Waals surface area contributed by atoms with E-state index in [1.165, 1.54) is 13.4 Å². The zero-order valence-corrected chi connectivity index (χ0v) is 10.6. The molecular formula is C13H18O5. The molecule has 0 aromatic carbocycles. The first-order valence-electron chi connectivity index (χ1n) is 5.81. The van der Waals surface area contributed by atoms with Crippen LogP contribution < -0.4 is 0 Å². The van der Waals surface area contributed by atoms with Gasteiger partial charge in [-0.25, -0.2) is 4.79 Å². The first-order chi connectivity index (χ1) is 8.69. The molecule has 0 bridgehead atoms. The molecule has 0 amide bonds. The van der Waals surface area contributed by atoms with Crippen molar-refractivity contribution in [1.82, 2.24) is 0 Å². The van der Waals surface area contributed by atoms with Gasteiger partial charge in [0.15, 0.2) is 0 Å². The highest BCUT2D eigenvalue weighted by Crippen LogP contribution is 2.34. The Morgan fingerprint density at radius 1 is 1.61 bits per heavy atom. The fourth-order valence-electron chi connectivity index (χ4n) is 2.01. The molecule has 1 aliphatic heterocycles. The number of aldehydes is 1. The Morgan fingerprint density at radius 2 is 2.33 bits per heavy atom. The van der Waals surface area contributed by atoms with E-state index < -0.39 is 12.3 Å². The molecule has 0 spiro atoms. The molecule has 0 saturated carbocycles. The monoisotopic (exact) mass is 254 g/mol. The van der Waals surface area contributed by atoms with Crippen LogP contribution in [0.1, 0.15) is 13.3 Å². The van der Waals surface area contributed by atoms with Gasteiger partial charge >= 0.3 is 5.97 Å². The van der Waals surface area contributed by atoms with Crippen LogP contribution in [0.4, 0.5) is 0 Å². The summed E-state index contributed by atoms with van der Waals surface area (Å²) in [4.78, 5) is 22.4. The normalized spacial score (nSPS) is 26.8. The van der Waals surface area contributed by atoms with Gasteiger partial charge in [-0.2, -0.15) is 0 Å². The van der Waals surface area contributed by atoms with Crippen LogP contribution in [0.3, 0.4) is 0 Å². The maximum atomic E-state index is 11.6. The van der Waals surface area contributed by atoms with E-state index in [0.29, 0.717) is 12.2 Å². The van der Waals surface area contributed by atoms with Crippen LogP contribution >= 0.6 is 0 Å². The smallest absolute Gasteiger partial charge is 0.337 e. The maximum Gasteiger partial charge on any atom is 0.337 e. The molecule has 0 radical (unpaired) electrons. The van der Waals surface area contributed by atoms with Gasteiger partial charge in [0, 0.05) is 24.9 Å². The minimum atomic E-state index is -0.522. The number of methoxy groups -OCH3 is 1. The molecule has 0 fully saturated rings. The van der Waals surface area contributed by atoms with Crippen molar-refractivity contribution in [2.75, 3.05) is 13.7 Å². The van der Waals surface area contributed by atoms with Crippen molar-refractivity contribution in [1.29, 1.82) is 0 Å². The van der Waals surface area contributed by atoms with Gasteiger partial charge in [-0.1, -0.05) is 6.08 Å². The molecule has 5 heteroatoms. The van der Waals surface area contributed by atoms with E-state index in [4.69, 9.17) is 9.47 Å². The van der Waals surface area contributed by atoms with E-state index in [0.717, 1.165) is 6.29 Å². The van der Waals surface area contributed by atoms with E-state index in [2.05, 4.69) is 11.3 Å². The summed E-state index contributed by atoms with van der Waals surface area (Å²) >= 11 is 0. The molecule has 0 aromatic rings. The second-order valence-corrected chi connectivity index (χ2v) is 3.85. The standard InChI is InChI=1S/C13H18O5/c1-4-9-10(6-7-14)11(12(15)16-3)8-18-13(9)17-5-2/h4,7-10,13H,1,5-6H2,2-3H3/t9-,10+,13-/m1/s1. The molecular weight excluding hydrogens is 236 g/mol. The summed E-state index contributed by atoms with van der Waals surface area (Å²) in [6.45, 7) is 6.04. The second-order valence-electron chi connectivity index (χ2n) is 3.85. The topological polar surface area (TPSA) is 61.8 Å². The van der Waals surface area contributed by atoms with Gasteiger partial charge in [0.25, 0.3) is 0 Å². The largest absolute Gasteiger partial charge is 0.471 e. The van der Waals surface area contributed by atoms with Gasteiger partial charge in [0.1, 0.15) is 6.29 Å². The second kappa shape index (κ2) is 6.96. The van der Waals surface area contributed by atoms with Crippen molar-refractivity contribution in [3.05, 3.63) is 24.5 Å². The Morgan fingerprint density at radius 3 is 2.83 bits per heavy atom. The molecule has 0 aliphatic carbocycles. The molecule has 0 N–H and O–H groups in total. The minimum absolute atomic E-state index is 0.199. The van der Waals surface area contributed by atoms with E-state index in [1.54, 1.807) is 6.08 Å². The van der Waals surface area contributed by atoms with E-state index in [9.17, 15) is 9.59 Å². The summed E-state index contributed by atoms with van der Waals surface area (Å²) in [7, 11) is 1.29. The van der Waals surface area contributed by atoms with Gasteiger partial charge in [0.05, 0.1) is 18.9 Å². The summed E-state index contributed by atoms with van der Waals surface area (Å²) in [6.07, 6.45) is 3.41. The fourth-order valence-corrected chi connectivity index (χ4v) is 2.01. The summed E-state index contributed by atoms with van der Waals surface area (Å²) < 4.78 is 15.5. The molecule has 3 atom stereocenters. The first-order valence-corrected chi connectivity index (χ1v) is 5.81. The van der Waals surface area contributed by atoms with Gasteiger partial charge in [-0.3, -0.25) is 0 Å². The van der Waals surface area contributed by atoms with Crippen molar-refractivity contribution in [2.24, 2.45) is 11.8 Å². The van der Waals surface area contributed by atoms with Gasteiger partial charge in [0.2, 0.25) is 6.29 Å². The molecule has 1 heterocycles. The van der Waals surface area contributed by atoms with Crippen molar-refractivity contribution in [3.8, 4) is 0 Å². The van der Waals surface area contributed by atoms with Crippen molar-refractivity contribution in [3.63, 3.8) is 0 Å². The molecule has 0 unspecified atom stereocenters. The average Bonchev–Trinajstić information content (AvgIpc) is 2.39. The van der Waals surface area contributed by atoms with Crippen LogP contribution in [0.25, 0.3) is 0 Å². The Bertz CT molecular complexity index is 347. The van der Waals surface area contributed by atoms with Gasteiger partial charge in [-0.05, 0) is 6.92 Å². The van der Waals surface area contributed by atoms with Crippen molar-refractivity contribution < 1.29 is 23.8 Å². The molecule has 100 valence electrons. The van der Waals surface area contributed by atoms with Crippen LogP contribution in [0.15, 0.2) is 24.5 Å². The fraction of sp³-hybridized carbons (Fsp3) is 0.538. The Hall–Kier alpha value is -1.62. The molecule has 1 aliphatic rings. The average molecular weight is 254 g/mol. The first kappa shape index (κ1) is 14.4. The zero-order valence-electron chi connectivity index (χ0n) is 10.6. The Balaban J connectivity index is 3.01. The SMILES string of the molecule is C=C[C@H]1[C@H](OCC)OC=C(C(=O)OC)[C@H]1CC=O. The van der Waals surface area contributed by atoms with Crippen LogP contribution in [-0.4, -0.2) is 32.3 Å². The third-order valence-corrected chi connectivity index (χ3v) is 2.88. The zero-order chi connectivity index (χ0) is 13.5. The number of rotatable bonds is 6. The summed E-state index contributed by atoms with van der Waals surface area (Å²) in [6, 6.07) is 0. The lowest BCUT2D eigenvalue weighted by Crippen LogP contribution is -2.37. The van der Waals surface area contributed by atoms with E-state index >= 15 is 0 Å². The summed E-state index contributed by atoms with van der Waals surface area (Å²) in [5, 5.41) is 0. The number of hydrogen-bond acceptors (Lipinski definition) is 5. The quantitative estimate of drug-likeness (QED) is 0.408. The van der Waals surface area contributed by atoms with Crippen LogP contribution in [0.2, 0.25) is 0 Å². The van der Waals surface area contributed by atoms with Gasteiger partial charge in [-0.15, -0.1) is 6.58 Å². The van der Waals surface area contributed by atoms with Crippen molar-refractivity contribution >= 4 is 12.3 Å². The number of hydrogen-bond donors (Lipinski definition) is 0.